The zero-order valence-corrected chi connectivity index (χ0v) is 17.7. The smallest absolute Gasteiger partial charge is 0.340 e. The van der Waals surface area contributed by atoms with Crippen molar-refractivity contribution in [3.63, 3.8) is 0 Å². The Morgan fingerprint density at radius 3 is 2.37 bits per heavy atom. The van der Waals surface area contributed by atoms with Gasteiger partial charge in [-0.05, 0) is 31.0 Å². The normalized spacial score (nSPS) is 12.0. The number of carbonyl (C=O) groups excluding carboxylic acids is 1. The summed E-state index contributed by atoms with van der Waals surface area (Å²) in [5, 5.41) is 0. The second-order valence-electron chi connectivity index (χ2n) is 6.95. The molecule has 156 valence electrons. The second-order valence-corrected chi connectivity index (χ2v) is 6.95. The van der Waals surface area contributed by atoms with E-state index >= 15 is 0 Å². The van der Waals surface area contributed by atoms with E-state index < -0.39 is 0 Å². The largest absolute Gasteiger partial charge is 0.493 e. The Hall–Kier alpha value is -3.41. The molecule has 6 nitrogen and oxygen atoms in total. The standard InChI is InChI=1S/C24H25NO5/c1-5-30-24(26)18-13-19-17-14-20(27-2)23(29-4)22(28-3)16(17)11-12-25(19)21(18)15-9-7-6-8-10-15/h6-10,13-14H,5,11-12H2,1-4H3. The SMILES string of the molecule is CCOC(=O)c1cc2n(c1-c1ccccc1)CCc1c-2cc(OC)c(OC)c1OC. The number of rotatable bonds is 6. The zero-order chi connectivity index (χ0) is 21.3. The highest BCUT2D eigenvalue weighted by molar-refractivity contribution is 5.99. The second kappa shape index (κ2) is 8.14. The summed E-state index contributed by atoms with van der Waals surface area (Å²) >= 11 is 0. The Balaban J connectivity index is 2.00. The van der Waals surface area contributed by atoms with Crippen molar-refractivity contribution in [2.45, 2.75) is 19.9 Å². The molecule has 1 aromatic heterocycles. The van der Waals surface area contributed by atoms with Crippen LogP contribution in [-0.2, 0) is 17.7 Å². The molecule has 2 aromatic carbocycles. The van der Waals surface area contributed by atoms with Crippen LogP contribution in [0.5, 0.6) is 17.2 Å². The molecule has 0 aliphatic carbocycles. The van der Waals surface area contributed by atoms with Gasteiger partial charge in [0.25, 0.3) is 0 Å². The maximum absolute atomic E-state index is 12.8. The van der Waals surface area contributed by atoms with Crippen LogP contribution in [0.1, 0.15) is 22.8 Å². The van der Waals surface area contributed by atoms with Crippen molar-refractivity contribution in [1.29, 1.82) is 0 Å². The Morgan fingerprint density at radius 2 is 1.73 bits per heavy atom. The Labute approximate surface area is 175 Å². The first kappa shape index (κ1) is 19.9. The van der Waals surface area contributed by atoms with E-state index in [2.05, 4.69) is 4.57 Å². The van der Waals surface area contributed by atoms with E-state index in [4.69, 9.17) is 18.9 Å². The van der Waals surface area contributed by atoms with Crippen LogP contribution in [0.2, 0.25) is 0 Å². The molecule has 0 radical (unpaired) electrons. The molecule has 3 aromatic rings. The number of hydrogen-bond acceptors (Lipinski definition) is 5. The van der Waals surface area contributed by atoms with E-state index in [9.17, 15) is 4.79 Å². The van der Waals surface area contributed by atoms with E-state index in [1.54, 1.807) is 21.3 Å². The summed E-state index contributed by atoms with van der Waals surface area (Å²) in [6.07, 6.45) is 0.739. The fourth-order valence-electron chi connectivity index (χ4n) is 4.19. The van der Waals surface area contributed by atoms with Gasteiger partial charge in [-0.3, -0.25) is 0 Å². The van der Waals surface area contributed by atoms with Crippen molar-refractivity contribution in [3.8, 4) is 39.8 Å². The zero-order valence-electron chi connectivity index (χ0n) is 17.7. The molecular weight excluding hydrogens is 382 g/mol. The number of carbonyl (C=O) groups is 1. The lowest BCUT2D eigenvalue weighted by atomic mass is 9.96. The quantitative estimate of drug-likeness (QED) is 0.560. The minimum Gasteiger partial charge on any atom is -0.493 e. The Morgan fingerprint density at radius 1 is 1.00 bits per heavy atom. The summed E-state index contributed by atoms with van der Waals surface area (Å²) in [6, 6.07) is 13.8. The average Bonchev–Trinajstić information content (AvgIpc) is 3.18. The molecule has 4 rings (SSSR count). The molecule has 6 heteroatoms. The lowest BCUT2D eigenvalue weighted by molar-refractivity contribution is 0.0527. The maximum atomic E-state index is 12.8. The van der Waals surface area contributed by atoms with E-state index in [1.165, 1.54) is 0 Å². The first-order valence-electron chi connectivity index (χ1n) is 9.92. The Kier molecular flexibility index (Phi) is 5.40. The number of benzene rings is 2. The van der Waals surface area contributed by atoms with Crippen molar-refractivity contribution in [2.75, 3.05) is 27.9 Å². The van der Waals surface area contributed by atoms with E-state index in [1.807, 2.05) is 49.4 Å². The van der Waals surface area contributed by atoms with Crippen LogP contribution in [-0.4, -0.2) is 38.5 Å². The summed E-state index contributed by atoms with van der Waals surface area (Å²) in [4.78, 5) is 12.8. The molecule has 0 saturated heterocycles. The molecule has 0 amide bonds. The molecule has 0 unspecified atom stereocenters. The molecule has 1 aliphatic heterocycles. The number of hydrogen-bond donors (Lipinski definition) is 0. The summed E-state index contributed by atoms with van der Waals surface area (Å²) < 4.78 is 24.3. The number of nitrogens with zero attached hydrogens (tertiary/aromatic N) is 1. The lowest BCUT2D eigenvalue weighted by Gasteiger charge is -2.25. The molecule has 2 heterocycles. The minimum absolute atomic E-state index is 0.322. The van der Waals surface area contributed by atoms with Gasteiger partial charge in [-0.15, -0.1) is 0 Å². The number of esters is 1. The predicted molar refractivity (Wildman–Crippen MR) is 115 cm³/mol. The molecule has 1 aliphatic rings. The topological polar surface area (TPSA) is 58.9 Å². The average molecular weight is 407 g/mol. The number of ether oxygens (including phenoxy) is 4. The molecule has 0 atom stereocenters. The van der Waals surface area contributed by atoms with E-state index in [-0.39, 0.29) is 5.97 Å². The van der Waals surface area contributed by atoms with Crippen molar-refractivity contribution in [3.05, 3.63) is 53.6 Å². The molecular formula is C24H25NO5. The monoisotopic (exact) mass is 407 g/mol. The van der Waals surface area contributed by atoms with Gasteiger partial charge < -0.3 is 23.5 Å². The number of aromatic nitrogens is 1. The van der Waals surface area contributed by atoms with E-state index in [0.29, 0.717) is 36.0 Å². The van der Waals surface area contributed by atoms with Gasteiger partial charge in [0.15, 0.2) is 11.5 Å². The van der Waals surface area contributed by atoms with Crippen LogP contribution in [0.3, 0.4) is 0 Å². The van der Waals surface area contributed by atoms with Crippen LogP contribution >= 0.6 is 0 Å². The fourth-order valence-corrected chi connectivity index (χ4v) is 4.19. The van der Waals surface area contributed by atoms with Crippen LogP contribution in [0, 0.1) is 0 Å². The van der Waals surface area contributed by atoms with Crippen LogP contribution < -0.4 is 14.2 Å². The predicted octanol–water partition coefficient (Wildman–Crippen LogP) is 4.58. The summed E-state index contributed by atoms with van der Waals surface area (Å²) in [5.41, 5.74) is 5.32. The van der Waals surface area contributed by atoms with Gasteiger partial charge in [0.1, 0.15) is 0 Å². The minimum atomic E-state index is -0.327. The van der Waals surface area contributed by atoms with Crippen LogP contribution in [0.25, 0.3) is 22.5 Å². The first-order chi connectivity index (χ1) is 14.6. The molecule has 0 N–H and O–H groups in total. The van der Waals surface area contributed by atoms with Crippen LogP contribution in [0.15, 0.2) is 42.5 Å². The Bertz CT molecular complexity index is 1080. The highest BCUT2D eigenvalue weighted by atomic mass is 16.5. The fraction of sp³-hybridized carbons (Fsp3) is 0.292. The third-order valence-corrected chi connectivity index (χ3v) is 5.43. The highest BCUT2D eigenvalue weighted by Gasteiger charge is 2.30. The highest BCUT2D eigenvalue weighted by Crippen LogP contribution is 2.48. The molecule has 0 bridgehead atoms. The van der Waals surface area contributed by atoms with Gasteiger partial charge in [0.05, 0.1) is 39.2 Å². The van der Waals surface area contributed by atoms with Crippen LogP contribution in [0.4, 0.5) is 0 Å². The van der Waals surface area contributed by atoms with E-state index in [0.717, 1.165) is 34.5 Å². The molecule has 0 spiro atoms. The lowest BCUT2D eigenvalue weighted by Crippen LogP contribution is -2.14. The summed E-state index contributed by atoms with van der Waals surface area (Å²) in [5.74, 6) is 1.50. The van der Waals surface area contributed by atoms with Gasteiger partial charge in [-0.25, -0.2) is 4.79 Å². The number of methoxy groups -OCH3 is 3. The third-order valence-electron chi connectivity index (χ3n) is 5.43. The van der Waals surface area contributed by atoms with Crippen molar-refractivity contribution < 1.29 is 23.7 Å². The summed E-state index contributed by atoms with van der Waals surface area (Å²) in [7, 11) is 4.83. The van der Waals surface area contributed by atoms with Crippen molar-refractivity contribution in [2.24, 2.45) is 0 Å². The first-order valence-corrected chi connectivity index (χ1v) is 9.92. The molecule has 0 fully saturated rings. The van der Waals surface area contributed by atoms with Gasteiger partial charge in [0, 0.05) is 23.4 Å². The van der Waals surface area contributed by atoms with Crippen molar-refractivity contribution in [1.82, 2.24) is 4.57 Å². The molecule has 0 saturated carbocycles. The van der Waals surface area contributed by atoms with Gasteiger partial charge >= 0.3 is 5.97 Å². The summed E-state index contributed by atoms with van der Waals surface area (Å²) in [6.45, 7) is 2.84. The molecule has 30 heavy (non-hydrogen) atoms. The van der Waals surface area contributed by atoms with Gasteiger partial charge in [-0.2, -0.15) is 0 Å². The third kappa shape index (κ3) is 3.09. The van der Waals surface area contributed by atoms with Gasteiger partial charge in [-0.1, -0.05) is 30.3 Å². The van der Waals surface area contributed by atoms with Gasteiger partial charge in [0.2, 0.25) is 5.75 Å². The maximum Gasteiger partial charge on any atom is 0.340 e. The van der Waals surface area contributed by atoms with Crippen molar-refractivity contribution >= 4 is 5.97 Å². The number of fused-ring (bicyclic) bond motifs is 3.